The molecule has 1 heterocycles. The number of hydrogen-bond acceptors (Lipinski definition) is 5. The van der Waals surface area contributed by atoms with Gasteiger partial charge in [0.05, 0.1) is 6.54 Å². The van der Waals surface area contributed by atoms with Crippen molar-refractivity contribution in [1.82, 2.24) is 15.5 Å². The van der Waals surface area contributed by atoms with Crippen molar-refractivity contribution in [1.29, 1.82) is 0 Å². The molecule has 142 valence electrons. The molecule has 2 amide bonds. The number of carbonyl (C=O) groups is 3. The smallest absolute Gasteiger partial charge is 0.317 e. The molecule has 0 aliphatic heterocycles. The summed E-state index contributed by atoms with van der Waals surface area (Å²) < 4.78 is 0. The number of rotatable bonds is 10. The van der Waals surface area contributed by atoms with Crippen LogP contribution in [0.4, 0.5) is 0 Å². The van der Waals surface area contributed by atoms with Gasteiger partial charge in [-0.2, -0.15) is 11.3 Å². The molecule has 0 bridgehead atoms. The van der Waals surface area contributed by atoms with Gasteiger partial charge in [0.15, 0.2) is 0 Å². The van der Waals surface area contributed by atoms with E-state index >= 15 is 0 Å². The van der Waals surface area contributed by atoms with Gasteiger partial charge in [-0.25, -0.2) is 0 Å². The minimum absolute atomic E-state index is 0.0777. The van der Waals surface area contributed by atoms with Gasteiger partial charge in [-0.15, -0.1) is 0 Å². The first-order chi connectivity index (χ1) is 12.5. The molecule has 3 rings (SSSR count). The average molecular weight is 379 g/mol. The lowest BCUT2D eigenvalue weighted by atomic mass is 9.85. The second-order valence-electron chi connectivity index (χ2n) is 7.17. The zero-order valence-corrected chi connectivity index (χ0v) is 15.5. The minimum atomic E-state index is -0.792. The molecule has 1 aromatic heterocycles. The lowest BCUT2D eigenvalue weighted by molar-refractivity contribution is -0.140. The van der Waals surface area contributed by atoms with Crippen LogP contribution in [0.2, 0.25) is 0 Å². The maximum atomic E-state index is 12.0. The van der Waals surface area contributed by atoms with E-state index in [0.717, 1.165) is 19.4 Å². The highest BCUT2D eigenvalue weighted by atomic mass is 32.1. The fraction of sp³-hybridized carbons (Fsp3) is 0.611. The number of thiophene rings is 1. The van der Waals surface area contributed by atoms with Crippen molar-refractivity contribution in [3.8, 4) is 0 Å². The third kappa shape index (κ3) is 5.54. The highest BCUT2D eigenvalue weighted by Gasteiger charge is 2.37. The van der Waals surface area contributed by atoms with Crippen molar-refractivity contribution in [2.75, 3.05) is 19.6 Å². The van der Waals surface area contributed by atoms with Gasteiger partial charge in [-0.1, -0.05) is 0 Å². The molecule has 0 radical (unpaired) electrons. The van der Waals surface area contributed by atoms with Crippen LogP contribution < -0.4 is 10.6 Å². The van der Waals surface area contributed by atoms with E-state index in [0.29, 0.717) is 18.0 Å². The molecule has 2 aliphatic carbocycles. The first-order valence-corrected chi connectivity index (χ1v) is 10.0. The number of hydrogen-bond donors (Lipinski definition) is 3. The highest BCUT2D eigenvalue weighted by molar-refractivity contribution is 7.08. The van der Waals surface area contributed by atoms with Crippen molar-refractivity contribution in [3.63, 3.8) is 0 Å². The zero-order valence-electron chi connectivity index (χ0n) is 14.6. The molecule has 1 aromatic rings. The van der Waals surface area contributed by atoms with Crippen molar-refractivity contribution in [2.45, 2.75) is 44.2 Å². The monoisotopic (exact) mass is 379 g/mol. The summed E-state index contributed by atoms with van der Waals surface area (Å²) in [4.78, 5) is 36.8. The van der Waals surface area contributed by atoms with E-state index < -0.39 is 5.97 Å². The van der Waals surface area contributed by atoms with E-state index in [2.05, 4.69) is 10.6 Å². The van der Waals surface area contributed by atoms with Crippen LogP contribution in [0.5, 0.6) is 0 Å². The van der Waals surface area contributed by atoms with Gasteiger partial charge < -0.3 is 15.7 Å². The second kappa shape index (κ2) is 8.64. The molecular weight excluding hydrogens is 354 g/mol. The van der Waals surface area contributed by atoms with Crippen LogP contribution in [0.25, 0.3) is 0 Å². The van der Waals surface area contributed by atoms with Crippen LogP contribution in [-0.4, -0.2) is 59.5 Å². The summed E-state index contributed by atoms with van der Waals surface area (Å²) in [6.07, 6.45) is 4.23. The summed E-state index contributed by atoms with van der Waals surface area (Å²) in [5.41, 5.74) is 0.617. The fourth-order valence-electron chi connectivity index (χ4n) is 3.24. The van der Waals surface area contributed by atoms with Crippen LogP contribution in [0.3, 0.4) is 0 Å². The number of carboxylic acids is 1. The van der Waals surface area contributed by atoms with Crippen molar-refractivity contribution < 1.29 is 19.5 Å². The molecule has 2 fully saturated rings. The lowest BCUT2D eigenvalue weighted by Gasteiger charge is -2.42. The summed E-state index contributed by atoms with van der Waals surface area (Å²) >= 11 is 1.46. The molecule has 0 aromatic carbocycles. The molecule has 0 spiro atoms. The van der Waals surface area contributed by atoms with Crippen LogP contribution in [0, 0.1) is 5.92 Å². The molecule has 3 N–H and O–H groups in total. The number of amides is 2. The quantitative estimate of drug-likeness (QED) is 0.569. The molecule has 26 heavy (non-hydrogen) atoms. The largest absolute Gasteiger partial charge is 0.480 e. The second-order valence-corrected chi connectivity index (χ2v) is 7.95. The predicted octanol–water partition coefficient (Wildman–Crippen LogP) is 1.31. The van der Waals surface area contributed by atoms with E-state index in [-0.39, 0.29) is 36.9 Å². The van der Waals surface area contributed by atoms with E-state index in [1.807, 2.05) is 10.3 Å². The van der Waals surface area contributed by atoms with Crippen molar-refractivity contribution in [2.24, 2.45) is 5.92 Å². The summed E-state index contributed by atoms with van der Waals surface area (Å²) in [6, 6.07) is 2.10. The Morgan fingerprint density at radius 2 is 2.04 bits per heavy atom. The topological polar surface area (TPSA) is 98.7 Å². The van der Waals surface area contributed by atoms with Crippen LogP contribution in [-0.2, 0) is 9.59 Å². The summed E-state index contributed by atoms with van der Waals surface area (Å²) in [7, 11) is 0. The third-order valence-corrected chi connectivity index (χ3v) is 5.63. The Labute approximate surface area is 156 Å². The number of nitrogens with one attached hydrogen (secondary N) is 2. The summed E-state index contributed by atoms with van der Waals surface area (Å²) in [5.74, 6) is -0.382. The maximum absolute atomic E-state index is 12.0. The van der Waals surface area contributed by atoms with Gasteiger partial charge in [0.1, 0.15) is 0 Å². The Morgan fingerprint density at radius 3 is 2.65 bits per heavy atom. The Balaban J connectivity index is 1.32. The third-order valence-electron chi connectivity index (χ3n) is 4.94. The number of nitrogens with zero attached hydrogens (tertiary/aromatic N) is 1. The molecule has 0 unspecified atom stereocenters. The van der Waals surface area contributed by atoms with E-state index in [9.17, 15) is 14.4 Å². The van der Waals surface area contributed by atoms with Gasteiger partial charge in [0, 0.05) is 42.5 Å². The van der Waals surface area contributed by atoms with Crippen LogP contribution >= 0.6 is 11.3 Å². The Bertz CT molecular complexity index is 639. The van der Waals surface area contributed by atoms with Gasteiger partial charge in [-0.05, 0) is 43.0 Å². The number of aliphatic carboxylic acids is 1. The van der Waals surface area contributed by atoms with E-state index in [4.69, 9.17) is 5.11 Å². The van der Waals surface area contributed by atoms with Crippen molar-refractivity contribution >= 4 is 29.1 Å². The molecule has 0 saturated heterocycles. The number of carbonyl (C=O) groups excluding carboxylic acids is 2. The zero-order chi connectivity index (χ0) is 18.5. The predicted molar refractivity (Wildman–Crippen MR) is 98.2 cm³/mol. The van der Waals surface area contributed by atoms with Gasteiger partial charge in [0.25, 0.3) is 5.91 Å². The van der Waals surface area contributed by atoms with E-state index in [1.54, 1.807) is 11.4 Å². The lowest BCUT2D eigenvalue weighted by Crippen LogP contribution is -2.55. The van der Waals surface area contributed by atoms with Crippen molar-refractivity contribution in [3.05, 3.63) is 22.4 Å². The number of carboxylic acid groups (broad SMARTS) is 1. The first kappa shape index (κ1) is 18.8. The molecule has 7 nitrogen and oxygen atoms in total. The highest BCUT2D eigenvalue weighted by Crippen LogP contribution is 2.33. The molecule has 8 heteroatoms. The normalized spacial score (nSPS) is 21.9. The average Bonchev–Trinajstić information content (AvgIpc) is 3.18. The van der Waals surface area contributed by atoms with Crippen LogP contribution in [0.15, 0.2) is 16.8 Å². The summed E-state index contributed by atoms with van der Waals surface area (Å²) in [6.45, 7) is 1.24. The molecule has 2 saturated carbocycles. The Kier molecular flexibility index (Phi) is 6.26. The SMILES string of the molecule is O=C(O)CN(CC1CC1)C1CC(NC(=O)CCNC(=O)c2ccsc2)C1. The standard InChI is InChI=1S/C18H25N3O4S/c22-16(3-5-19-18(25)13-4-6-26-11-13)20-14-7-15(8-14)21(10-17(23)24)9-12-1-2-12/h4,6,11-12,14-15H,1-3,5,7-10H2,(H,19,25)(H,20,22)(H,23,24). The fourth-order valence-corrected chi connectivity index (χ4v) is 3.87. The van der Waals surface area contributed by atoms with Gasteiger partial charge >= 0.3 is 5.97 Å². The first-order valence-electron chi connectivity index (χ1n) is 9.07. The molecular formula is C18H25N3O4S. The molecule has 2 aliphatic rings. The maximum Gasteiger partial charge on any atom is 0.317 e. The Morgan fingerprint density at radius 1 is 1.27 bits per heavy atom. The van der Waals surface area contributed by atoms with E-state index in [1.165, 1.54) is 24.2 Å². The minimum Gasteiger partial charge on any atom is -0.480 e. The van der Waals surface area contributed by atoms with Gasteiger partial charge in [0.2, 0.25) is 5.91 Å². The van der Waals surface area contributed by atoms with Gasteiger partial charge in [-0.3, -0.25) is 19.3 Å². The Hall–Kier alpha value is -1.93. The summed E-state index contributed by atoms with van der Waals surface area (Å²) in [5, 5.41) is 18.4. The molecule has 0 atom stereocenters. The van der Waals surface area contributed by atoms with Crippen LogP contribution in [0.1, 0.15) is 42.5 Å².